The van der Waals surface area contributed by atoms with E-state index in [1.165, 1.54) is 0 Å². The van der Waals surface area contributed by atoms with E-state index in [9.17, 15) is 4.89 Å². The topological polar surface area (TPSA) is 75.6 Å². The predicted molar refractivity (Wildman–Crippen MR) is 57.9 cm³/mol. The van der Waals surface area contributed by atoms with E-state index in [0.717, 1.165) is 0 Å². The van der Waals surface area contributed by atoms with Gasteiger partial charge in [-0.1, -0.05) is 0 Å². The van der Waals surface area contributed by atoms with Gasteiger partial charge in [0.15, 0.2) is 0 Å². The van der Waals surface area contributed by atoms with E-state index in [1.807, 2.05) is 0 Å². The van der Waals surface area contributed by atoms with Gasteiger partial charge in [-0.05, 0) is 0 Å². The number of hydrogen-bond acceptors (Lipinski definition) is 4. The van der Waals surface area contributed by atoms with Crippen LogP contribution in [0.5, 0.6) is 0 Å². The summed E-state index contributed by atoms with van der Waals surface area (Å²) in [5.74, 6) is 0. The van der Waals surface area contributed by atoms with Crippen molar-refractivity contribution in [2.75, 3.05) is 19.8 Å². The molecule has 0 fully saturated rings. The van der Waals surface area contributed by atoms with Gasteiger partial charge in [-0.25, -0.2) is 0 Å². The molecule has 90 valence electrons. The molecular formula is C8H24NO4P. The summed E-state index contributed by atoms with van der Waals surface area (Å²) >= 11 is 0. The normalized spacial score (nSPS) is 13.8. The first kappa shape index (κ1) is 16.7. The third-order valence-electron chi connectivity index (χ3n) is 1.15. The number of hydrogen-bond donors (Lipinski definition) is 2. The molecule has 0 saturated heterocycles. The summed E-state index contributed by atoms with van der Waals surface area (Å²) in [7, 11) is -3.96. The molecule has 0 aliphatic carbocycles. The predicted octanol–water partition coefficient (Wildman–Crippen LogP) is 1.30. The van der Waals surface area contributed by atoms with E-state index in [-0.39, 0.29) is 0 Å². The van der Waals surface area contributed by atoms with Crippen LogP contribution in [0.1, 0.15) is 27.7 Å². The van der Waals surface area contributed by atoms with Gasteiger partial charge in [0, 0.05) is 0 Å². The molecule has 0 amide bonds. The van der Waals surface area contributed by atoms with Crippen LogP contribution in [0.25, 0.3) is 0 Å². The summed E-state index contributed by atoms with van der Waals surface area (Å²) in [5.41, 5.74) is 3.49. The van der Waals surface area contributed by atoms with Gasteiger partial charge < -0.3 is 6.92 Å². The summed E-state index contributed by atoms with van der Waals surface area (Å²) in [6.07, 6.45) is 0. The fourth-order valence-electron chi connectivity index (χ4n) is 0.875. The van der Waals surface area contributed by atoms with Crippen molar-refractivity contribution >= 4 is 7.66 Å². The molecule has 0 aromatic heterocycles. The van der Waals surface area contributed by atoms with Crippen LogP contribution in [0.3, 0.4) is 0 Å². The monoisotopic (exact) mass is 229 g/mol. The number of quaternary nitrogens is 1. The molecule has 0 aromatic carbocycles. The average molecular weight is 229 g/mol. The van der Waals surface area contributed by atoms with E-state index in [2.05, 4.69) is 12.4 Å². The van der Waals surface area contributed by atoms with Crippen molar-refractivity contribution in [1.29, 1.82) is 0 Å². The molecular weight excluding hydrogens is 205 g/mol. The van der Waals surface area contributed by atoms with Gasteiger partial charge in [-0.2, -0.15) is 6.92 Å². The maximum Gasteiger partial charge on any atom is -0.194 e. The molecule has 0 aliphatic heterocycles. The van der Waals surface area contributed by atoms with Gasteiger partial charge in [0.05, 0.1) is 0 Å². The van der Waals surface area contributed by atoms with E-state index < -0.39 is 7.66 Å². The van der Waals surface area contributed by atoms with Crippen LogP contribution < -0.4 is 5.50 Å². The molecule has 0 bridgehead atoms. The Morgan fingerprint density at radius 3 is 1.36 bits per heavy atom. The summed E-state index contributed by atoms with van der Waals surface area (Å²) in [5, 5.41) is 0. The van der Waals surface area contributed by atoms with Crippen molar-refractivity contribution in [2.24, 2.45) is 0 Å². The zero-order valence-corrected chi connectivity index (χ0v) is 10.5. The molecule has 0 aromatic rings. The zero-order chi connectivity index (χ0) is 11.7. The van der Waals surface area contributed by atoms with Crippen molar-refractivity contribution in [3.05, 3.63) is 6.92 Å². The molecule has 6 heteroatoms. The third-order valence-corrected chi connectivity index (χ3v) is 3.45. The standard InChI is InChI=1S/C6H18NO4P.C2H5/c1-4-9-12(7,8,10-5-2)11-6-3;1-2/h8H,4-7H2,1-3H3;1H2,2H3/q;-1/p+1. The fraction of sp³-hybridized carbons (Fsp3) is 0.875. The van der Waals surface area contributed by atoms with Gasteiger partial charge in [-0.3, -0.25) is 0 Å². The first-order valence-electron chi connectivity index (χ1n) is 4.76. The molecule has 0 spiro atoms. The van der Waals surface area contributed by atoms with Gasteiger partial charge in [0.1, 0.15) is 0 Å². The Morgan fingerprint density at radius 1 is 1.00 bits per heavy atom. The Labute approximate surface area is 86.8 Å². The Hall–Kier alpha value is 0.230. The molecule has 0 heterocycles. The Bertz CT molecular complexity index is 120. The van der Waals surface area contributed by atoms with Crippen LogP contribution in [-0.2, 0) is 13.6 Å². The van der Waals surface area contributed by atoms with E-state index in [0.29, 0.717) is 19.8 Å². The molecule has 0 rings (SSSR count). The summed E-state index contributed by atoms with van der Waals surface area (Å²) in [4.78, 5) is 9.83. The second kappa shape index (κ2) is 7.51. The Kier molecular flexibility index (Phi) is 8.94. The number of rotatable bonds is 6. The minimum Gasteiger partial charge on any atom is -0.346 e. The fourth-order valence-corrected chi connectivity index (χ4v) is 2.63. The molecule has 14 heavy (non-hydrogen) atoms. The first-order valence-corrected chi connectivity index (χ1v) is 6.89. The van der Waals surface area contributed by atoms with Crippen LogP contribution >= 0.6 is 7.66 Å². The van der Waals surface area contributed by atoms with Crippen LogP contribution in [0.2, 0.25) is 0 Å². The van der Waals surface area contributed by atoms with Crippen molar-refractivity contribution in [2.45, 2.75) is 27.7 Å². The minimum absolute atomic E-state index is 0.317. The van der Waals surface area contributed by atoms with E-state index >= 15 is 0 Å². The summed E-state index contributed by atoms with van der Waals surface area (Å²) in [6, 6.07) is 0. The van der Waals surface area contributed by atoms with Crippen LogP contribution in [0, 0.1) is 6.92 Å². The maximum absolute atomic E-state index is 9.83. The van der Waals surface area contributed by atoms with Crippen LogP contribution in [-0.4, -0.2) is 24.7 Å². The van der Waals surface area contributed by atoms with Gasteiger partial charge in [0.25, 0.3) is 0 Å². The molecule has 0 unspecified atom stereocenters. The van der Waals surface area contributed by atoms with Gasteiger partial charge in [0.2, 0.25) is 0 Å². The molecule has 0 saturated carbocycles. The second-order valence-corrected chi connectivity index (χ2v) is 5.02. The van der Waals surface area contributed by atoms with Crippen molar-refractivity contribution < 1.29 is 24.0 Å². The van der Waals surface area contributed by atoms with Gasteiger partial charge >= 0.3 is 72.2 Å². The largest absolute Gasteiger partial charge is 0.346 e. The smallest absolute Gasteiger partial charge is 0.194 e. The van der Waals surface area contributed by atoms with Crippen molar-refractivity contribution in [3.8, 4) is 0 Å². The molecule has 0 atom stereocenters. The minimum atomic E-state index is -3.96. The Balaban J connectivity index is 0. The second-order valence-electron chi connectivity index (χ2n) is 2.25. The molecule has 4 N–H and O–H groups in total. The summed E-state index contributed by atoms with van der Waals surface area (Å²) < 4.78 is 15.1. The molecule has 5 nitrogen and oxygen atoms in total. The van der Waals surface area contributed by atoms with E-state index in [4.69, 9.17) is 13.6 Å². The zero-order valence-electron chi connectivity index (χ0n) is 9.65. The average Bonchev–Trinajstić information content (AvgIpc) is 2.07. The quantitative estimate of drug-likeness (QED) is 0.531. The molecule has 0 radical (unpaired) electrons. The SMILES string of the molecule is CCOP([NH3+])(O)(OCC)OCC.[CH2-]C. The van der Waals surface area contributed by atoms with E-state index in [1.54, 1.807) is 27.7 Å². The Morgan fingerprint density at radius 2 is 1.21 bits per heavy atom. The van der Waals surface area contributed by atoms with Crippen LogP contribution in [0.15, 0.2) is 0 Å². The maximum atomic E-state index is 9.83. The van der Waals surface area contributed by atoms with Crippen molar-refractivity contribution in [1.82, 2.24) is 0 Å². The first-order chi connectivity index (χ1) is 6.46. The molecule has 0 aliphatic rings. The summed E-state index contributed by atoms with van der Waals surface area (Å²) in [6.45, 7) is 11.2. The van der Waals surface area contributed by atoms with Gasteiger partial charge in [-0.15, -0.1) is 0 Å². The van der Waals surface area contributed by atoms with Crippen LogP contribution in [0.4, 0.5) is 0 Å². The third kappa shape index (κ3) is 6.65. The van der Waals surface area contributed by atoms with Crippen molar-refractivity contribution in [3.63, 3.8) is 0 Å².